The van der Waals surface area contributed by atoms with E-state index in [-0.39, 0.29) is 17.9 Å². The van der Waals surface area contributed by atoms with E-state index in [1.807, 2.05) is 36.6 Å². The van der Waals surface area contributed by atoms with Crippen molar-refractivity contribution in [3.05, 3.63) is 81.8 Å². The molecule has 0 unspecified atom stereocenters. The fourth-order valence-corrected chi connectivity index (χ4v) is 3.23. The van der Waals surface area contributed by atoms with Crippen molar-refractivity contribution >= 4 is 16.7 Å². The van der Waals surface area contributed by atoms with Gasteiger partial charge in [0, 0.05) is 17.0 Å². The fourth-order valence-electron chi connectivity index (χ4n) is 3.23. The first-order valence-electron chi connectivity index (χ1n) is 8.59. The smallest absolute Gasteiger partial charge is 0.278 e. The Bertz CT molecular complexity index is 1190. The minimum Gasteiger partial charge on any atom is -0.467 e. The van der Waals surface area contributed by atoms with Crippen LogP contribution < -0.4 is 5.56 Å². The molecule has 0 radical (unpaired) electrons. The van der Waals surface area contributed by atoms with Gasteiger partial charge in [0.1, 0.15) is 17.8 Å². The van der Waals surface area contributed by atoms with Crippen molar-refractivity contribution in [3.8, 4) is 0 Å². The molecule has 136 valence electrons. The first kappa shape index (κ1) is 17.0. The fraction of sp³-hybridized carbons (Fsp3) is 0.200. The number of fused-ring (bicyclic) bond motifs is 1. The number of hydrogen-bond acceptors (Lipinski definition) is 5. The summed E-state index contributed by atoms with van der Waals surface area (Å²) in [7, 11) is 0. The van der Waals surface area contributed by atoms with Crippen molar-refractivity contribution in [2.45, 2.75) is 26.9 Å². The number of furan rings is 1. The minimum absolute atomic E-state index is 0.151. The lowest BCUT2D eigenvalue weighted by molar-refractivity contribution is 0.0964. The second-order valence-corrected chi connectivity index (χ2v) is 6.44. The molecule has 0 bridgehead atoms. The van der Waals surface area contributed by atoms with Crippen LogP contribution in [0.25, 0.3) is 10.9 Å². The molecule has 0 aliphatic rings. The number of rotatable bonds is 5. The van der Waals surface area contributed by atoms with Crippen LogP contribution in [0.4, 0.5) is 0 Å². The van der Waals surface area contributed by atoms with Gasteiger partial charge in [0.15, 0.2) is 5.78 Å². The highest BCUT2D eigenvalue weighted by Crippen LogP contribution is 2.18. The van der Waals surface area contributed by atoms with Gasteiger partial charge in [-0.3, -0.25) is 9.59 Å². The van der Waals surface area contributed by atoms with E-state index in [0.29, 0.717) is 23.0 Å². The third-order valence-electron chi connectivity index (χ3n) is 4.69. The number of carbonyl (C=O) groups is 1. The number of hydrogen-bond donors (Lipinski definition) is 0. The molecule has 7 heteroatoms. The van der Waals surface area contributed by atoms with Crippen molar-refractivity contribution < 1.29 is 9.21 Å². The van der Waals surface area contributed by atoms with E-state index in [4.69, 9.17) is 4.42 Å². The van der Waals surface area contributed by atoms with Crippen LogP contribution in [-0.2, 0) is 13.1 Å². The molecular weight excluding hydrogens is 344 g/mol. The van der Waals surface area contributed by atoms with Gasteiger partial charge in [-0.15, -0.1) is 5.10 Å². The van der Waals surface area contributed by atoms with Gasteiger partial charge in [-0.1, -0.05) is 17.3 Å². The van der Waals surface area contributed by atoms with Crippen LogP contribution in [0.5, 0.6) is 0 Å². The maximum Gasteiger partial charge on any atom is 0.278 e. The van der Waals surface area contributed by atoms with Gasteiger partial charge in [-0.05, 0) is 44.2 Å². The summed E-state index contributed by atoms with van der Waals surface area (Å²) in [4.78, 5) is 25.4. The number of Topliss-reactive ketones (excluding diaryl/α,β-unsaturated/α-hetero) is 1. The summed E-state index contributed by atoms with van der Waals surface area (Å²) in [6.45, 7) is 4.22. The largest absolute Gasteiger partial charge is 0.467 e. The molecule has 3 aromatic heterocycles. The van der Waals surface area contributed by atoms with E-state index in [0.717, 1.165) is 21.8 Å². The van der Waals surface area contributed by atoms with Crippen LogP contribution in [0.2, 0.25) is 0 Å². The van der Waals surface area contributed by atoms with Crippen LogP contribution in [0.15, 0.2) is 57.9 Å². The van der Waals surface area contributed by atoms with Gasteiger partial charge in [-0.25, -0.2) is 4.68 Å². The monoisotopic (exact) mass is 362 g/mol. The summed E-state index contributed by atoms with van der Waals surface area (Å²) in [5.41, 5.74) is 2.54. The lowest BCUT2D eigenvalue weighted by Crippen LogP contribution is -2.28. The Labute approximate surface area is 154 Å². The van der Waals surface area contributed by atoms with Gasteiger partial charge < -0.3 is 8.98 Å². The quantitative estimate of drug-likeness (QED) is 0.510. The van der Waals surface area contributed by atoms with Gasteiger partial charge in [0.05, 0.1) is 18.2 Å². The molecule has 4 rings (SSSR count). The topological polar surface area (TPSA) is 82.9 Å². The number of benzene rings is 1. The van der Waals surface area contributed by atoms with Crippen molar-refractivity contribution in [2.75, 3.05) is 0 Å². The lowest BCUT2D eigenvalue weighted by Gasteiger charge is -2.08. The Morgan fingerprint density at radius 3 is 2.74 bits per heavy atom. The molecular formula is C20H18N4O3. The summed E-state index contributed by atoms with van der Waals surface area (Å²) in [6, 6.07) is 12.5. The van der Waals surface area contributed by atoms with E-state index in [1.165, 1.54) is 0 Å². The third kappa shape index (κ3) is 3.08. The summed E-state index contributed by atoms with van der Waals surface area (Å²) in [5.74, 6) is 0.632. The Morgan fingerprint density at radius 1 is 1.15 bits per heavy atom. The summed E-state index contributed by atoms with van der Waals surface area (Å²) in [6.07, 6.45) is 1.63. The number of ketones is 1. The van der Waals surface area contributed by atoms with Crippen LogP contribution >= 0.6 is 0 Å². The van der Waals surface area contributed by atoms with E-state index in [9.17, 15) is 9.59 Å². The summed E-state index contributed by atoms with van der Waals surface area (Å²) >= 11 is 0. The van der Waals surface area contributed by atoms with Crippen molar-refractivity contribution in [1.29, 1.82) is 0 Å². The van der Waals surface area contributed by atoms with Crippen molar-refractivity contribution in [3.63, 3.8) is 0 Å². The van der Waals surface area contributed by atoms with Crippen LogP contribution in [0.1, 0.15) is 27.5 Å². The van der Waals surface area contributed by atoms with Crippen LogP contribution in [-0.4, -0.2) is 25.3 Å². The maximum absolute atomic E-state index is 12.8. The number of aryl methyl sites for hydroxylation is 1. The molecule has 1 aromatic carbocycles. The highest BCUT2D eigenvalue weighted by atomic mass is 16.3. The van der Waals surface area contributed by atoms with Gasteiger partial charge in [0.2, 0.25) is 0 Å². The normalized spacial score (nSPS) is 11.2. The second kappa shape index (κ2) is 6.68. The Balaban J connectivity index is 1.64. The SMILES string of the molecule is Cc1cc(C(=O)Cn2nnc3ccccc3c2=O)c(C)n1Cc1ccco1. The average molecular weight is 362 g/mol. The Hall–Kier alpha value is -3.48. The van der Waals surface area contributed by atoms with E-state index in [1.54, 1.807) is 30.5 Å². The Kier molecular flexibility index (Phi) is 4.19. The summed E-state index contributed by atoms with van der Waals surface area (Å²) in [5, 5.41) is 8.38. The molecule has 0 saturated carbocycles. The molecule has 27 heavy (non-hydrogen) atoms. The van der Waals surface area contributed by atoms with Crippen LogP contribution in [0, 0.1) is 13.8 Å². The predicted octanol–water partition coefficient (Wildman–Crippen LogP) is 2.73. The highest BCUT2D eigenvalue weighted by Gasteiger charge is 2.18. The first-order chi connectivity index (χ1) is 13.0. The third-order valence-corrected chi connectivity index (χ3v) is 4.69. The standard InChI is InChI=1S/C20H18N4O3/c1-13-10-17(14(2)23(13)11-15-6-5-9-27-15)19(25)12-24-20(26)16-7-3-4-8-18(16)21-22-24/h3-10H,11-12H2,1-2H3. The molecule has 0 aliphatic heterocycles. The van der Waals surface area contributed by atoms with Crippen molar-refractivity contribution in [2.24, 2.45) is 0 Å². The Morgan fingerprint density at radius 2 is 1.96 bits per heavy atom. The summed E-state index contributed by atoms with van der Waals surface area (Å²) < 4.78 is 8.53. The molecule has 0 spiro atoms. The molecule has 0 saturated heterocycles. The molecule has 0 atom stereocenters. The molecule has 7 nitrogen and oxygen atoms in total. The van der Waals surface area contributed by atoms with E-state index >= 15 is 0 Å². The minimum atomic E-state index is -0.321. The molecule has 3 heterocycles. The second-order valence-electron chi connectivity index (χ2n) is 6.44. The molecule has 0 N–H and O–H groups in total. The lowest BCUT2D eigenvalue weighted by atomic mass is 10.1. The number of nitrogens with zero attached hydrogens (tertiary/aromatic N) is 4. The average Bonchev–Trinajstić information content (AvgIpc) is 3.28. The molecule has 0 fully saturated rings. The molecule has 0 aliphatic carbocycles. The molecule has 4 aromatic rings. The highest BCUT2D eigenvalue weighted by molar-refractivity contribution is 5.97. The van der Waals surface area contributed by atoms with Gasteiger partial charge in [-0.2, -0.15) is 0 Å². The first-order valence-corrected chi connectivity index (χ1v) is 8.59. The number of carbonyl (C=O) groups excluding carboxylic acids is 1. The van der Waals surface area contributed by atoms with E-state index in [2.05, 4.69) is 10.3 Å². The number of aromatic nitrogens is 4. The van der Waals surface area contributed by atoms with Crippen LogP contribution in [0.3, 0.4) is 0 Å². The zero-order valence-corrected chi connectivity index (χ0v) is 15.0. The zero-order valence-electron chi connectivity index (χ0n) is 15.0. The van der Waals surface area contributed by atoms with Gasteiger partial charge >= 0.3 is 0 Å². The van der Waals surface area contributed by atoms with Crippen molar-refractivity contribution in [1.82, 2.24) is 19.6 Å². The molecule has 0 amide bonds. The van der Waals surface area contributed by atoms with E-state index < -0.39 is 0 Å². The zero-order chi connectivity index (χ0) is 19.0. The maximum atomic E-state index is 12.8. The predicted molar refractivity (Wildman–Crippen MR) is 99.8 cm³/mol. The van der Waals surface area contributed by atoms with Gasteiger partial charge in [0.25, 0.3) is 5.56 Å².